The molecule has 0 fully saturated rings. The van der Waals surface area contributed by atoms with Crippen molar-refractivity contribution in [2.75, 3.05) is 25.5 Å². The number of carbonyl (C=O) groups is 1. The van der Waals surface area contributed by atoms with E-state index in [-0.39, 0.29) is 6.54 Å². The zero-order valence-electron chi connectivity index (χ0n) is 10.9. The SMILES string of the molecule is Cc1cc(NCC(=O)N(C)CC(F)(F)F)nc(C)n1. The van der Waals surface area contributed by atoms with E-state index in [1.54, 1.807) is 19.9 Å². The molecular weight excluding hydrogens is 261 g/mol. The van der Waals surface area contributed by atoms with Crippen LogP contribution in [0.2, 0.25) is 0 Å². The molecule has 0 aliphatic heterocycles. The van der Waals surface area contributed by atoms with Gasteiger partial charge in [0.1, 0.15) is 18.2 Å². The fourth-order valence-corrected chi connectivity index (χ4v) is 1.47. The quantitative estimate of drug-likeness (QED) is 0.906. The Kier molecular flexibility index (Phi) is 4.68. The summed E-state index contributed by atoms with van der Waals surface area (Å²) in [4.78, 5) is 20.2. The van der Waals surface area contributed by atoms with Crippen molar-refractivity contribution in [3.05, 3.63) is 17.6 Å². The van der Waals surface area contributed by atoms with Crippen molar-refractivity contribution in [1.29, 1.82) is 0 Å². The van der Waals surface area contributed by atoms with E-state index in [1.165, 1.54) is 0 Å². The van der Waals surface area contributed by atoms with Crippen LogP contribution >= 0.6 is 0 Å². The zero-order chi connectivity index (χ0) is 14.6. The van der Waals surface area contributed by atoms with Crippen LogP contribution in [0.15, 0.2) is 6.07 Å². The van der Waals surface area contributed by atoms with Crippen molar-refractivity contribution in [1.82, 2.24) is 14.9 Å². The summed E-state index contributed by atoms with van der Waals surface area (Å²) >= 11 is 0. The second kappa shape index (κ2) is 5.85. The Morgan fingerprint density at radius 2 is 2.00 bits per heavy atom. The van der Waals surface area contributed by atoms with Crippen molar-refractivity contribution in [2.24, 2.45) is 0 Å². The smallest absolute Gasteiger partial charge is 0.361 e. The number of rotatable bonds is 4. The van der Waals surface area contributed by atoms with E-state index in [9.17, 15) is 18.0 Å². The Balaban J connectivity index is 2.54. The van der Waals surface area contributed by atoms with Gasteiger partial charge < -0.3 is 10.2 Å². The van der Waals surface area contributed by atoms with E-state index >= 15 is 0 Å². The third-order valence-corrected chi connectivity index (χ3v) is 2.23. The van der Waals surface area contributed by atoms with E-state index < -0.39 is 18.6 Å². The molecule has 1 N–H and O–H groups in total. The highest BCUT2D eigenvalue weighted by Crippen LogP contribution is 2.15. The van der Waals surface area contributed by atoms with Gasteiger partial charge in [-0.05, 0) is 13.8 Å². The van der Waals surface area contributed by atoms with Gasteiger partial charge in [0.25, 0.3) is 0 Å². The fourth-order valence-electron chi connectivity index (χ4n) is 1.47. The predicted molar refractivity (Wildman–Crippen MR) is 63.7 cm³/mol. The summed E-state index contributed by atoms with van der Waals surface area (Å²) in [6.45, 7) is 1.94. The number of amides is 1. The molecule has 0 aliphatic rings. The summed E-state index contributed by atoms with van der Waals surface area (Å²) in [5, 5.41) is 2.68. The minimum absolute atomic E-state index is 0.248. The molecule has 0 aromatic carbocycles. The van der Waals surface area contributed by atoms with Gasteiger partial charge in [-0.15, -0.1) is 0 Å². The number of carbonyl (C=O) groups excluding carboxylic acids is 1. The second-order valence-electron chi connectivity index (χ2n) is 4.16. The van der Waals surface area contributed by atoms with Gasteiger partial charge in [0.05, 0.1) is 6.54 Å². The first-order valence-corrected chi connectivity index (χ1v) is 5.54. The van der Waals surface area contributed by atoms with Crippen LogP contribution in [0, 0.1) is 13.8 Å². The lowest BCUT2D eigenvalue weighted by atomic mass is 10.4. The van der Waals surface area contributed by atoms with Gasteiger partial charge in [0.2, 0.25) is 5.91 Å². The summed E-state index contributed by atoms with van der Waals surface area (Å²) in [5.41, 5.74) is 0.714. The normalized spacial score (nSPS) is 11.3. The van der Waals surface area contributed by atoms with Gasteiger partial charge in [0.15, 0.2) is 0 Å². The number of anilines is 1. The molecule has 0 saturated carbocycles. The molecule has 0 atom stereocenters. The number of nitrogens with one attached hydrogen (secondary N) is 1. The molecule has 1 aromatic heterocycles. The van der Waals surface area contributed by atoms with Crippen LogP contribution in [0.1, 0.15) is 11.5 Å². The Morgan fingerprint density at radius 3 is 2.53 bits per heavy atom. The Bertz CT molecular complexity index is 441. The van der Waals surface area contributed by atoms with E-state index in [1.807, 2.05) is 0 Å². The van der Waals surface area contributed by atoms with Gasteiger partial charge in [0, 0.05) is 18.8 Å². The van der Waals surface area contributed by atoms with Gasteiger partial charge in [-0.2, -0.15) is 13.2 Å². The van der Waals surface area contributed by atoms with Crippen molar-refractivity contribution >= 4 is 11.7 Å². The monoisotopic (exact) mass is 276 g/mol. The maximum Gasteiger partial charge on any atom is 0.406 e. The van der Waals surface area contributed by atoms with Crippen molar-refractivity contribution in [3.8, 4) is 0 Å². The predicted octanol–water partition coefficient (Wildman–Crippen LogP) is 1.53. The Labute approximate surface area is 108 Å². The maximum atomic E-state index is 12.1. The standard InChI is InChI=1S/C11H15F3N4O/c1-7-4-9(17-8(2)16-7)15-5-10(19)18(3)6-11(12,13)14/h4H,5-6H2,1-3H3,(H,15,16,17). The minimum Gasteiger partial charge on any atom is -0.361 e. The summed E-state index contributed by atoms with van der Waals surface area (Å²) in [6, 6.07) is 1.62. The van der Waals surface area contributed by atoms with Crippen molar-refractivity contribution < 1.29 is 18.0 Å². The van der Waals surface area contributed by atoms with Crippen LogP contribution < -0.4 is 5.32 Å². The molecule has 0 bridgehead atoms. The molecule has 1 aromatic rings. The molecule has 0 saturated heterocycles. The number of nitrogens with zero attached hydrogens (tertiary/aromatic N) is 3. The van der Waals surface area contributed by atoms with Crippen LogP contribution in [0.5, 0.6) is 0 Å². The highest BCUT2D eigenvalue weighted by molar-refractivity contribution is 5.80. The van der Waals surface area contributed by atoms with Crippen LogP contribution in [0.3, 0.4) is 0 Å². The number of alkyl halides is 3. The molecule has 0 aliphatic carbocycles. The first kappa shape index (κ1) is 15.2. The van der Waals surface area contributed by atoms with E-state index in [0.29, 0.717) is 22.2 Å². The largest absolute Gasteiger partial charge is 0.406 e. The van der Waals surface area contributed by atoms with Gasteiger partial charge in [-0.3, -0.25) is 4.79 Å². The number of hydrogen-bond donors (Lipinski definition) is 1. The summed E-state index contributed by atoms with van der Waals surface area (Å²) in [6.07, 6.45) is -4.40. The van der Waals surface area contributed by atoms with Crippen molar-refractivity contribution in [3.63, 3.8) is 0 Å². The zero-order valence-corrected chi connectivity index (χ0v) is 10.9. The molecule has 106 valence electrons. The number of aryl methyl sites for hydroxylation is 2. The average Bonchev–Trinajstić information content (AvgIpc) is 2.22. The van der Waals surface area contributed by atoms with Crippen LogP contribution in [-0.2, 0) is 4.79 Å². The molecule has 1 rings (SSSR count). The van der Waals surface area contributed by atoms with E-state index in [2.05, 4.69) is 15.3 Å². The van der Waals surface area contributed by atoms with Gasteiger partial charge in [-0.1, -0.05) is 0 Å². The summed E-state index contributed by atoms with van der Waals surface area (Å²) < 4.78 is 36.3. The summed E-state index contributed by atoms with van der Waals surface area (Å²) in [7, 11) is 1.11. The summed E-state index contributed by atoms with van der Waals surface area (Å²) in [5.74, 6) is 0.281. The lowest BCUT2D eigenvalue weighted by Crippen LogP contribution is -2.39. The molecule has 0 spiro atoms. The molecule has 1 amide bonds. The van der Waals surface area contributed by atoms with Crippen molar-refractivity contribution in [2.45, 2.75) is 20.0 Å². The molecule has 0 radical (unpaired) electrons. The first-order valence-electron chi connectivity index (χ1n) is 5.54. The topological polar surface area (TPSA) is 58.1 Å². The first-order chi connectivity index (χ1) is 8.67. The lowest BCUT2D eigenvalue weighted by Gasteiger charge is -2.19. The van der Waals surface area contributed by atoms with Crippen LogP contribution in [0.25, 0.3) is 0 Å². The number of halogens is 3. The fraction of sp³-hybridized carbons (Fsp3) is 0.545. The number of likely N-dealkylation sites (N-methyl/N-ethyl adjacent to an activating group) is 1. The minimum atomic E-state index is -4.40. The molecular formula is C11H15F3N4O. The molecule has 19 heavy (non-hydrogen) atoms. The Morgan fingerprint density at radius 1 is 1.37 bits per heavy atom. The van der Waals surface area contributed by atoms with E-state index in [0.717, 1.165) is 7.05 Å². The Hall–Kier alpha value is -1.86. The second-order valence-corrected chi connectivity index (χ2v) is 4.16. The van der Waals surface area contributed by atoms with Crippen LogP contribution in [0.4, 0.5) is 19.0 Å². The average molecular weight is 276 g/mol. The van der Waals surface area contributed by atoms with E-state index in [4.69, 9.17) is 0 Å². The third-order valence-electron chi connectivity index (χ3n) is 2.23. The maximum absolute atomic E-state index is 12.1. The molecule has 0 unspecified atom stereocenters. The highest BCUT2D eigenvalue weighted by Gasteiger charge is 2.30. The van der Waals surface area contributed by atoms with Gasteiger partial charge in [-0.25, -0.2) is 9.97 Å². The molecule has 5 nitrogen and oxygen atoms in total. The third kappa shape index (κ3) is 5.54. The lowest BCUT2D eigenvalue weighted by molar-refractivity contribution is -0.157. The molecule has 8 heteroatoms. The number of aromatic nitrogens is 2. The van der Waals surface area contributed by atoms with Gasteiger partial charge >= 0.3 is 6.18 Å². The van der Waals surface area contributed by atoms with Crippen LogP contribution in [-0.4, -0.2) is 47.1 Å². The highest BCUT2D eigenvalue weighted by atomic mass is 19.4. The molecule has 1 heterocycles. The number of hydrogen-bond acceptors (Lipinski definition) is 4.